The van der Waals surface area contributed by atoms with E-state index in [1.54, 1.807) is 19.5 Å². The number of aromatic nitrogens is 4. The predicted molar refractivity (Wildman–Crippen MR) is 121 cm³/mol. The summed E-state index contributed by atoms with van der Waals surface area (Å²) in [5, 5.41) is 9.53. The van der Waals surface area contributed by atoms with Gasteiger partial charge in [0.25, 0.3) is 0 Å². The lowest BCUT2D eigenvalue weighted by molar-refractivity contribution is -0.134. The number of methoxy groups -OCH3 is 1. The summed E-state index contributed by atoms with van der Waals surface area (Å²) in [6.07, 6.45) is 6.77. The lowest BCUT2D eigenvalue weighted by atomic mass is 9.98. The molecule has 162 valence electrons. The molecule has 4 rings (SSSR count). The van der Waals surface area contributed by atoms with Crippen LogP contribution in [0.3, 0.4) is 0 Å². The largest absolute Gasteiger partial charge is 0.497 e. The molecule has 31 heavy (non-hydrogen) atoms. The summed E-state index contributed by atoms with van der Waals surface area (Å²) in [5.41, 5.74) is 1.78. The van der Waals surface area contributed by atoms with Gasteiger partial charge in [0.05, 0.1) is 18.6 Å². The summed E-state index contributed by atoms with van der Waals surface area (Å²) in [6.45, 7) is 4.27. The van der Waals surface area contributed by atoms with Crippen molar-refractivity contribution in [1.29, 1.82) is 0 Å². The first-order valence-electron chi connectivity index (χ1n) is 10.5. The monoisotopic (exact) mass is 437 g/mol. The number of pyridine rings is 1. The summed E-state index contributed by atoms with van der Waals surface area (Å²) >= 11 is 1.42. The van der Waals surface area contributed by atoms with Crippen molar-refractivity contribution in [1.82, 2.24) is 24.6 Å². The van der Waals surface area contributed by atoms with E-state index in [1.165, 1.54) is 18.2 Å². The summed E-state index contributed by atoms with van der Waals surface area (Å²) in [7, 11) is 1.64. The van der Waals surface area contributed by atoms with Gasteiger partial charge in [-0.2, -0.15) is 0 Å². The molecule has 0 saturated carbocycles. The number of carbonyl (C=O) groups is 1. The standard InChI is InChI=1S/C23H27N5O2S/c1-16-6-4-7-17(2)27(16)21(29)15-31-23-26-25-22(18-10-12-24-13-11-18)28(23)19-8-5-9-20(14-19)30-3/h5,8-14,16-17H,4,6-7,15H2,1-3H3/t16-,17+. The van der Waals surface area contributed by atoms with Gasteiger partial charge in [-0.15, -0.1) is 10.2 Å². The molecular formula is C23H27N5O2S. The highest BCUT2D eigenvalue weighted by Crippen LogP contribution is 2.30. The fraction of sp³-hybridized carbons (Fsp3) is 0.391. The van der Waals surface area contributed by atoms with Gasteiger partial charge >= 0.3 is 0 Å². The molecule has 1 amide bonds. The summed E-state index contributed by atoms with van der Waals surface area (Å²) in [4.78, 5) is 19.2. The Bertz CT molecular complexity index is 1030. The van der Waals surface area contributed by atoms with E-state index in [9.17, 15) is 4.79 Å². The van der Waals surface area contributed by atoms with Crippen LogP contribution in [-0.4, -0.2) is 55.5 Å². The first-order chi connectivity index (χ1) is 15.1. The molecule has 0 aliphatic carbocycles. The van der Waals surface area contributed by atoms with E-state index in [0.717, 1.165) is 29.8 Å². The van der Waals surface area contributed by atoms with Crippen LogP contribution in [0.1, 0.15) is 33.1 Å². The van der Waals surface area contributed by atoms with Crippen LogP contribution in [0.5, 0.6) is 5.75 Å². The molecule has 1 aliphatic heterocycles. The normalized spacial score (nSPS) is 18.7. The molecule has 1 saturated heterocycles. The topological polar surface area (TPSA) is 73.1 Å². The van der Waals surface area contributed by atoms with E-state index in [-0.39, 0.29) is 18.0 Å². The highest BCUT2D eigenvalue weighted by molar-refractivity contribution is 7.99. The fourth-order valence-electron chi connectivity index (χ4n) is 4.15. The number of hydrogen-bond acceptors (Lipinski definition) is 6. The van der Waals surface area contributed by atoms with Gasteiger partial charge in [0.1, 0.15) is 5.75 Å². The van der Waals surface area contributed by atoms with Gasteiger partial charge in [-0.25, -0.2) is 0 Å². The van der Waals surface area contributed by atoms with Crippen molar-refractivity contribution in [3.05, 3.63) is 48.8 Å². The molecule has 0 bridgehead atoms. The van der Waals surface area contributed by atoms with Crippen molar-refractivity contribution in [3.63, 3.8) is 0 Å². The number of rotatable bonds is 6. The van der Waals surface area contributed by atoms with Crippen LogP contribution in [0.15, 0.2) is 53.9 Å². The Morgan fingerprint density at radius 2 is 1.87 bits per heavy atom. The highest BCUT2D eigenvalue weighted by atomic mass is 32.2. The van der Waals surface area contributed by atoms with Gasteiger partial charge in [0, 0.05) is 36.1 Å². The molecule has 1 fully saturated rings. The zero-order valence-electron chi connectivity index (χ0n) is 18.1. The average Bonchev–Trinajstić information content (AvgIpc) is 3.22. The first kappa shape index (κ1) is 21.4. The minimum absolute atomic E-state index is 0.148. The lowest BCUT2D eigenvalue weighted by Gasteiger charge is -2.39. The van der Waals surface area contributed by atoms with Crippen molar-refractivity contribution in [2.24, 2.45) is 0 Å². The third-order valence-corrected chi connectivity index (χ3v) is 6.60. The zero-order chi connectivity index (χ0) is 21.8. The van der Waals surface area contributed by atoms with Crippen molar-refractivity contribution >= 4 is 17.7 Å². The van der Waals surface area contributed by atoms with Crippen LogP contribution < -0.4 is 4.74 Å². The molecular weight excluding hydrogens is 410 g/mol. The third kappa shape index (κ3) is 4.58. The molecule has 8 heteroatoms. The number of piperidine rings is 1. The molecule has 7 nitrogen and oxygen atoms in total. The fourth-order valence-corrected chi connectivity index (χ4v) is 4.97. The number of carbonyl (C=O) groups excluding carboxylic acids is 1. The lowest BCUT2D eigenvalue weighted by Crippen LogP contribution is -2.48. The maximum atomic E-state index is 13.0. The maximum absolute atomic E-state index is 13.0. The van der Waals surface area contributed by atoms with Crippen LogP contribution in [0.4, 0.5) is 0 Å². The number of amides is 1. The van der Waals surface area contributed by atoms with Crippen molar-refractivity contribution in [2.75, 3.05) is 12.9 Å². The quantitative estimate of drug-likeness (QED) is 0.538. The third-order valence-electron chi connectivity index (χ3n) is 5.69. The van der Waals surface area contributed by atoms with E-state index in [0.29, 0.717) is 16.7 Å². The second kappa shape index (κ2) is 9.51. The Labute approximate surface area is 186 Å². The van der Waals surface area contributed by atoms with Gasteiger partial charge in [-0.3, -0.25) is 14.3 Å². The molecule has 0 spiro atoms. The minimum Gasteiger partial charge on any atom is -0.497 e. The predicted octanol–water partition coefficient (Wildman–Crippen LogP) is 4.22. The van der Waals surface area contributed by atoms with E-state index in [1.807, 2.05) is 45.9 Å². The van der Waals surface area contributed by atoms with E-state index >= 15 is 0 Å². The van der Waals surface area contributed by atoms with Gasteiger partial charge in [0.15, 0.2) is 11.0 Å². The molecule has 1 aliphatic rings. The van der Waals surface area contributed by atoms with Crippen molar-refractivity contribution in [3.8, 4) is 22.8 Å². The molecule has 0 N–H and O–H groups in total. The summed E-state index contributed by atoms with van der Waals surface area (Å²) in [5.74, 6) is 1.92. The van der Waals surface area contributed by atoms with Crippen LogP contribution in [0.2, 0.25) is 0 Å². The summed E-state index contributed by atoms with van der Waals surface area (Å²) < 4.78 is 7.38. The minimum atomic E-state index is 0.148. The Morgan fingerprint density at radius 3 is 2.58 bits per heavy atom. The molecule has 2 atom stereocenters. The first-order valence-corrected chi connectivity index (χ1v) is 11.5. The van der Waals surface area contributed by atoms with Gasteiger partial charge in [-0.1, -0.05) is 17.8 Å². The SMILES string of the molecule is COc1cccc(-n2c(SCC(=O)N3[C@H](C)CCC[C@@H]3C)nnc2-c2ccncc2)c1. The smallest absolute Gasteiger partial charge is 0.233 e. The van der Waals surface area contributed by atoms with Gasteiger partial charge in [0.2, 0.25) is 5.91 Å². The van der Waals surface area contributed by atoms with E-state index < -0.39 is 0 Å². The van der Waals surface area contributed by atoms with Crippen molar-refractivity contribution in [2.45, 2.75) is 50.4 Å². The van der Waals surface area contributed by atoms with Gasteiger partial charge in [-0.05, 0) is 57.4 Å². The molecule has 1 aromatic carbocycles. The Hall–Kier alpha value is -2.87. The van der Waals surface area contributed by atoms with Gasteiger partial charge < -0.3 is 9.64 Å². The Kier molecular flexibility index (Phi) is 6.56. The van der Waals surface area contributed by atoms with Crippen molar-refractivity contribution < 1.29 is 9.53 Å². The number of benzene rings is 1. The number of likely N-dealkylation sites (tertiary alicyclic amines) is 1. The van der Waals surface area contributed by atoms with E-state index in [4.69, 9.17) is 4.74 Å². The van der Waals surface area contributed by atoms with Crippen LogP contribution in [0, 0.1) is 0 Å². The number of nitrogens with zero attached hydrogens (tertiary/aromatic N) is 5. The maximum Gasteiger partial charge on any atom is 0.233 e. The molecule has 0 unspecified atom stereocenters. The molecule has 3 aromatic rings. The van der Waals surface area contributed by atoms with Crippen LogP contribution in [-0.2, 0) is 4.79 Å². The highest BCUT2D eigenvalue weighted by Gasteiger charge is 2.29. The molecule has 3 heterocycles. The number of thioether (sulfide) groups is 1. The zero-order valence-corrected chi connectivity index (χ0v) is 18.9. The molecule has 2 aromatic heterocycles. The Morgan fingerprint density at radius 1 is 1.13 bits per heavy atom. The number of hydrogen-bond donors (Lipinski definition) is 0. The second-order valence-corrected chi connectivity index (χ2v) is 8.74. The van der Waals surface area contributed by atoms with E-state index in [2.05, 4.69) is 29.0 Å². The summed E-state index contributed by atoms with van der Waals surface area (Å²) in [6, 6.07) is 12.1. The number of ether oxygens (including phenoxy) is 1. The molecule has 0 radical (unpaired) electrons. The average molecular weight is 438 g/mol. The second-order valence-electron chi connectivity index (χ2n) is 7.80. The van der Waals surface area contributed by atoms with Crippen LogP contribution >= 0.6 is 11.8 Å². The Balaban J connectivity index is 1.64. The van der Waals surface area contributed by atoms with Crippen LogP contribution in [0.25, 0.3) is 17.1 Å².